The Morgan fingerprint density at radius 3 is 2.53 bits per heavy atom. The molecule has 1 aromatic rings. The fraction of sp³-hybridized carbons (Fsp3) is 0.688. The van der Waals surface area contributed by atoms with Gasteiger partial charge in [-0.2, -0.15) is 0 Å². The molecule has 3 nitrogen and oxygen atoms in total. The molecule has 1 saturated carbocycles. The third-order valence-corrected chi connectivity index (χ3v) is 4.86. The van der Waals surface area contributed by atoms with Crippen molar-refractivity contribution in [3.8, 4) is 5.75 Å². The number of aryl methyl sites for hydroxylation is 1. The van der Waals surface area contributed by atoms with Crippen LogP contribution in [0.1, 0.15) is 49.9 Å². The molecule has 0 aliphatic heterocycles. The first-order valence-corrected chi connectivity index (χ1v) is 7.02. The largest absolute Gasteiger partial charge is 0.496 e. The Labute approximate surface area is 116 Å². The first kappa shape index (κ1) is 14.3. The van der Waals surface area contributed by atoms with Gasteiger partial charge in [0.05, 0.1) is 12.7 Å². The second kappa shape index (κ2) is 4.78. The molecule has 2 rings (SSSR count). The fourth-order valence-electron chi connectivity index (χ4n) is 3.25. The monoisotopic (exact) mass is 263 g/mol. The van der Waals surface area contributed by atoms with Gasteiger partial charge in [0.2, 0.25) is 0 Å². The predicted molar refractivity (Wildman–Crippen MR) is 76.5 cm³/mol. The Bertz CT molecular complexity index is 482. The van der Waals surface area contributed by atoms with E-state index >= 15 is 0 Å². The maximum atomic E-state index is 10.9. The lowest BCUT2D eigenvalue weighted by atomic mass is 9.74. The van der Waals surface area contributed by atoms with Crippen molar-refractivity contribution in [2.75, 3.05) is 7.11 Å². The van der Waals surface area contributed by atoms with E-state index in [-0.39, 0.29) is 5.41 Å². The van der Waals surface area contributed by atoms with Gasteiger partial charge in [-0.25, -0.2) is 0 Å². The van der Waals surface area contributed by atoms with E-state index in [1.54, 1.807) is 7.11 Å². The van der Waals surface area contributed by atoms with E-state index in [0.717, 1.165) is 41.8 Å². The highest BCUT2D eigenvalue weighted by atomic mass is 16.5. The third kappa shape index (κ3) is 2.36. The van der Waals surface area contributed by atoms with E-state index in [0.29, 0.717) is 6.42 Å². The van der Waals surface area contributed by atoms with Gasteiger partial charge in [0, 0.05) is 29.4 Å². The minimum absolute atomic E-state index is 0.0424. The Kier molecular flexibility index (Phi) is 3.61. The molecule has 0 amide bonds. The standard InChI is InChI=1S/C16H25NO2/c1-11-10-17-13(12(2)14(11)19-5)9-16(18)8-6-7-15(16,3)4/h10,18H,6-9H2,1-5H3. The first-order chi connectivity index (χ1) is 8.81. The summed E-state index contributed by atoms with van der Waals surface area (Å²) in [6, 6.07) is 0. The van der Waals surface area contributed by atoms with Crippen molar-refractivity contribution in [1.82, 2.24) is 4.98 Å². The van der Waals surface area contributed by atoms with Gasteiger partial charge in [-0.15, -0.1) is 0 Å². The molecule has 0 aromatic carbocycles. The number of pyridine rings is 1. The maximum absolute atomic E-state index is 10.9. The molecule has 1 heterocycles. The third-order valence-electron chi connectivity index (χ3n) is 4.86. The van der Waals surface area contributed by atoms with Crippen molar-refractivity contribution < 1.29 is 9.84 Å². The molecule has 1 unspecified atom stereocenters. The minimum atomic E-state index is -0.648. The van der Waals surface area contributed by atoms with Gasteiger partial charge in [-0.3, -0.25) is 4.98 Å². The quantitative estimate of drug-likeness (QED) is 0.910. The average Bonchev–Trinajstić information content (AvgIpc) is 2.58. The van der Waals surface area contributed by atoms with E-state index in [1.807, 2.05) is 20.0 Å². The lowest BCUT2D eigenvalue weighted by Crippen LogP contribution is -2.42. The Balaban J connectivity index is 2.34. The average molecular weight is 263 g/mol. The zero-order valence-corrected chi connectivity index (χ0v) is 12.7. The van der Waals surface area contributed by atoms with Gasteiger partial charge in [0.1, 0.15) is 5.75 Å². The number of nitrogens with zero attached hydrogens (tertiary/aromatic N) is 1. The number of aliphatic hydroxyl groups is 1. The molecule has 1 N–H and O–H groups in total. The SMILES string of the molecule is COc1c(C)cnc(CC2(O)CCCC2(C)C)c1C. The smallest absolute Gasteiger partial charge is 0.128 e. The highest BCUT2D eigenvalue weighted by Crippen LogP contribution is 2.47. The molecule has 1 aliphatic rings. The van der Waals surface area contributed by atoms with Crippen LogP contribution in [0.2, 0.25) is 0 Å². The van der Waals surface area contributed by atoms with Crippen molar-refractivity contribution >= 4 is 0 Å². The summed E-state index contributed by atoms with van der Waals surface area (Å²) in [5, 5.41) is 10.9. The van der Waals surface area contributed by atoms with Crippen LogP contribution in [0.15, 0.2) is 6.20 Å². The lowest BCUT2D eigenvalue weighted by molar-refractivity contribution is -0.0428. The van der Waals surface area contributed by atoms with Gasteiger partial charge >= 0.3 is 0 Å². The topological polar surface area (TPSA) is 42.4 Å². The number of aromatic nitrogens is 1. The minimum Gasteiger partial charge on any atom is -0.496 e. The predicted octanol–water partition coefficient (Wildman–Crippen LogP) is 3.19. The number of rotatable bonds is 3. The first-order valence-electron chi connectivity index (χ1n) is 7.02. The van der Waals surface area contributed by atoms with E-state index in [1.165, 1.54) is 0 Å². The molecule has 106 valence electrons. The van der Waals surface area contributed by atoms with Crippen LogP contribution in [0.4, 0.5) is 0 Å². The van der Waals surface area contributed by atoms with E-state index in [4.69, 9.17) is 4.74 Å². The Morgan fingerprint density at radius 1 is 1.32 bits per heavy atom. The maximum Gasteiger partial charge on any atom is 0.128 e. The van der Waals surface area contributed by atoms with E-state index < -0.39 is 5.60 Å². The molecule has 1 aromatic heterocycles. The van der Waals surface area contributed by atoms with Crippen LogP contribution in [-0.4, -0.2) is 22.8 Å². The van der Waals surface area contributed by atoms with Crippen LogP contribution < -0.4 is 4.74 Å². The molecule has 1 aliphatic carbocycles. The van der Waals surface area contributed by atoms with Crippen LogP contribution in [-0.2, 0) is 6.42 Å². The van der Waals surface area contributed by atoms with Crippen LogP contribution in [0.3, 0.4) is 0 Å². The van der Waals surface area contributed by atoms with Gasteiger partial charge in [-0.05, 0) is 38.5 Å². The molecular weight excluding hydrogens is 238 g/mol. The number of methoxy groups -OCH3 is 1. The second-order valence-corrected chi connectivity index (χ2v) is 6.49. The number of hydrogen-bond acceptors (Lipinski definition) is 3. The molecule has 0 radical (unpaired) electrons. The van der Waals surface area contributed by atoms with Crippen molar-refractivity contribution in [3.63, 3.8) is 0 Å². The van der Waals surface area contributed by atoms with Crippen molar-refractivity contribution in [3.05, 3.63) is 23.0 Å². The normalized spacial score (nSPS) is 25.6. The van der Waals surface area contributed by atoms with Crippen LogP contribution >= 0.6 is 0 Å². The highest BCUT2D eigenvalue weighted by molar-refractivity contribution is 5.41. The molecule has 0 spiro atoms. The summed E-state index contributed by atoms with van der Waals surface area (Å²) >= 11 is 0. The highest BCUT2D eigenvalue weighted by Gasteiger charge is 2.47. The van der Waals surface area contributed by atoms with Crippen molar-refractivity contribution in [1.29, 1.82) is 0 Å². The molecule has 1 fully saturated rings. The summed E-state index contributed by atoms with van der Waals surface area (Å²) in [5.41, 5.74) is 2.37. The molecule has 3 heteroatoms. The molecular formula is C16H25NO2. The van der Waals surface area contributed by atoms with Gasteiger partial charge < -0.3 is 9.84 Å². The summed E-state index contributed by atoms with van der Waals surface area (Å²) in [4.78, 5) is 4.52. The van der Waals surface area contributed by atoms with Gasteiger partial charge in [0.25, 0.3) is 0 Å². The summed E-state index contributed by atoms with van der Waals surface area (Å²) in [5.74, 6) is 0.893. The molecule has 1 atom stereocenters. The number of hydrogen-bond donors (Lipinski definition) is 1. The van der Waals surface area contributed by atoms with Gasteiger partial charge in [0.15, 0.2) is 0 Å². The van der Waals surface area contributed by atoms with Crippen molar-refractivity contribution in [2.24, 2.45) is 5.41 Å². The summed E-state index contributed by atoms with van der Waals surface area (Å²) in [7, 11) is 1.69. The molecule has 0 bridgehead atoms. The number of ether oxygens (including phenoxy) is 1. The van der Waals surface area contributed by atoms with Crippen LogP contribution in [0.5, 0.6) is 5.75 Å². The second-order valence-electron chi connectivity index (χ2n) is 6.49. The Hall–Kier alpha value is -1.09. The lowest BCUT2D eigenvalue weighted by Gasteiger charge is -2.37. The zero-order valence-electron chi connectivity index (χ0n) is 12.7. The summed E-state index contributed by atoms with van der Waals surface area (Å²) in [6.07, 6.45) is 5.48. The summed E-state index contributed by atoms with van der Waals surface area (Å²) in [6.45, 7) is 8.33. The summed E-state index contributed by atoms with van der Waals surface area (Å²) < 4.78 is 5.44. The Morgan fingerprint density at radius 2 is 2.00 bits per heavy atom. The fourth-order valence-corrected chi connectivity index (χ4v) is 3.25. The van der Waals surface area contributed by atoms with Crippen molar-refractivity contribution in [2.45, 2.75) is 59.0 Å². The molecule has 0 saturated heterocycles. The van der Waals surface area contributed by atoms with E-state index in [2.05, 4.69) is 18.8 Å². The molecule has 19 heavy (non-hydrogen) atoms. The van der Waals surface area contributed by atoms with E-state index in [9.17, 15) is 5.11 Å². The zero-order chi connectivity index (χ0) is 14.3. The van der Waals surface area contributed by atoms with Crippen LogP contribution in [0, 0.1) is 19.3 Å². The van der Waals surface area contributed by atoms with Gasteiger partial charge in [-0.1, -0.05) is 13.8 Å². The van der Waals surface area contributed by atoms with Crippen LogP contribution in [0.25, 0.3) is 0 Å².